The number of anilines is 3. The summed E-state index contributed by atoms with van der Waals surface area (Å²) in [6, 6.07) is 73.0. The Hall–Kier alpha value is -6.72. The lowest BCUT2D eigenvalue weighted by Crippen LogP contribution is -2.09. The first-order valence-electron chi connectivity index (χ1n) is 19.3. The molecule has 8 aromatic carbocycles. The molecule has 4 heteroatoms. The van der Waals surface area contributed by atoms with E-state index in [-0.39, 0.29) is 0 Å². The van der Waals surface area contributed by atoms with Crippen LogP contribution < -0.4 is 4.90 Å². The first-order chi connectivity index (χ1) is 28.2. The van der Waals surface area contributed by atoms with Gasteiger partial charge < -0.3 is 9.47 Å². The van der Waals surface area contributed by atoms with Crippen molar-refractivity contribution in [1.82, 2.24) is 4.57 Å². The zero-order valence-corrected chi connectivity index (χ0v) is 32.9. The summed E-state index contributed by atoms with van der Waals surface area (Å²) in [5.74, 6) is 0. The second kappa shape index (κ2) is 13.8. The Morgan fingerprint density at radius 2 is 0.860 bits per heavy atom. The topological polar surface area (TPSA) is 8.17 Å². The molecule has 3 heterocycles. The van der Waals surface area contributed by atoms with Gasteiger partial charge in [0.05, 0.1) is 20.8 Å². The summed E-state index contributed by atoms with van der Waals surface area (Å²) in [7, 11) is 0. The van der Waals surface area contributed by atoms with Gasteiger partial charge in [0.15, 0.2) is 0 Å². The van der Waals surface area contributed by atoms with Crippen LogP contribution in [0, 0.1) is 6.92 Å². The highest BCUT2D eigenvalue weighted by atomic mass is 32.1. The van der Waals surface area contributed by atoms with E-state index in [9.17, 15) is 0 Å². The fraction of sp³-hybridized carbons (Fsp3) is 0.0189. The number of hydrogen-bond acceptors (Lipinski definition) is 3. The van der Waals surface area contributed by atoms with Gasteiger partial charge >= 0.3 is 0 Å². The van der Waals surface area contributed by atoms with Gasteiger partial charge in [-0.05, 0) is 90.8 Å². The molecule has 0 bridgehead atoms. The molecular formula is C53H36N2S2. The van der Waals surface area contributed by atoms with Crippen molar-refractivity contribution in [2.75, 3.05) is 4.90 Å². The SMILES string of the molecule is Cc1ccc(-n2c3ccccc3c3ccc(-c4c(-c5sc6ccccc6c5-c5ccc(N(c6ccccc6)c6ccccc6)cc5)sc5ccccc45)cc32)cc1. The molecule has 0 aliphatic carbocycles. The predicted octanol–water partition coefficient (Wildman–Crippen LogP) is 16.0. The zero-order chi connectivity index (χ0) is 37.9. The number of thiophene rings is 2. The highest BCUT2D eigenvalue weighted by Gasteiger charge is 2.24. The maximum atomic E-state index is 2.43. The maximum Gasteiger partial charge on any atom is 0.0547 e. The third-order valence-electron chi connectivity index (χ3n) is 11.1. The van der Waals surface area contributed by atoms with Gasteiger partial charge in [0.1, 0.15) is 0 Å². The van der Waals surface area contributed by atoms with E-state index in [2.05, 4.69) is 217 Å². The minimum absolute atomic E-state index is 1.12. The van der Waals surface area contributed by atoms with E-state index < -0.39 is 0 Å². The molecule has 0 unspecified atom stereocenters. The molecule has 11 rings (SSSR count). The standard InChI is InChI=1S/C53H36N2S2/c1-35-24-29-41(30-25-35)55-46-21-11-8-18-42(46)43-33-28-37(34-47(43)55)51-45-20-10-13-23-49(45)57-53(51)52-50(44-19-9-12-22-48(44)56-52)36-26-31-40(32-27-36)54(38-14-4-2-5-15-38)39-16-6-3-7-17-39/h2-34H,1H3. The Bertz CT molecular complexity index is 3190. The van der Waals surface area contributed by atoms with Crippen molar-refractivity contribution in [3.63, 3.8) is 0 Å². The molecule has 0 N–H and O–H groups in total. The van der Waals surface area contributed by atoms with Crippen LogP contribution in [0.2, 0.25) is 0 Å². The molecule has 0 atom stereocenters. The summed E-state index contributed by atoms with van der Waals surface area (Å²) < 4.78 is 5.02. The summed E-state index contributed by atoms with van der Waals surface area (Å²) in [5, 5.41) is 5.10. The molecule has 57 heavy (non-hydrogen) atoms. The van der Waals surface area contributed by atoms with Crippen LogP contribution >= 0.6 is 22.7 Å². The monoisotopic (exact) mass is 764 g/mol. The van der Waals surface area contributed by atoms with Crippen molar-refractivity contribution in [1.29, 1.82) is 0 Å². The molecule has 0 saturated heterocycles. The van der Waals surface area contributed by atoms with Crippen LogP contribution in [0.25, 0.3) is 79.7 Å². The van der Waals surface area contributed by atoms with E-state index in [4.69, 9.17) is 0 Å². The van der Waals surface area contributed by atoms with Crippen LogP contribution in [0.3, 0.4) is 0 Å². The Labute approximate surface area is 339 Å². The minimum Gasteiger partial charge on any atom is -0.311 e. The number of hydrogen-bond donors (Lipinski definition) is 0. The number of fused-ring (bicyclic) bond motifs is 5. The molecule has 0 aliphatic rings. The van der Waals surface area contributed by atoms with Crippen LogP contribution in [0.15, 0.2) is 200 Å². The molecule has 0 radical (unpaired) electrons. The van der Waals surface area contributed by atoms with E-state index in [0.29, 0.717) is 0 Å². The Morgan fingerprint density at radius 3 is 1.47 bits per heavy atom. The number of para-hydroxylation sites is 3. The molecule has 0 aliphatic heterocycles. The summed E-state index contributed by atoms with van der Waals surface area (Å²) >= 11 is 3.81. The molecular weight excluding hydrogens is 729 g/mol. The van der Waals surface area contributed by atoms with Crippen molar-refractivity contribution in [2.24, 2.45) is 0 Å². The highest BCUT2D eigenvalue weighted by molar-refractivity contribution is 7.29. The minimum atomic E-state index is 1.12. The van der Waals surface area contributed by atoms with E-state index in [1.54, 1.807) is 0 Å². The van der Waals surface area contributed by atoms with Gasteiger partial charge in [-0.3, -0.25) is 0 Å². The van der Waals surface area contributed by atoms with Crippen LogP contribution in [0.1, 0.15) is 5.56 Å². The molecule has 0 spiro atoms. The summed E-state index contributed by atoms with van der Waals surface area (Å²) in [6.07, 6.45) is 0. The average molecular weight is 765 g/mol. The fourth-order valence-electron chi connectivity index (χ4n) is 8.46. The quantitative estimate of drug-likeness (QED) is 0.157. The number of aryl methyl sites for hydroxylation is 1. The van der Waals surface area contributed by atoms with Gasteiger partial charge in [0.2, 0.25) is 0 Å². The molecule has 0 amide bonds. The van der Waals surface area contributed by atoms with Crippen molar-refractivity contribution < 1.29 is 0 Å². The maximum absolute atomic E-state index is 2.43. The summed E-state index contributed by atoms with van der Waals surface area (Å²) in [6.45, 7) is 2.15. The van der Waals surface area contributed by atoms with Crippen molar-refractivity contribution in [2.45, 2.75) is 6.92 Å². The smallest absolute Gasteiger partial charge is 0.0547 e. The van der Waals surface area contributed by atoms with Crippen molar-refractivity contribution in [3.8, 4) is 37.7 Å². The molecule has 2 nitrogen and oxygen atoms in total. The lowest BCUT2D eigenvalue weighted by molar-refractivity contribution is 1.17. The lowest BCUT2D eigenvalue weighted by atomic mass is 9.96. The average Bonchev–Trinajstić information content (AvgIpc) is 3.95. The van der Waals surface area contributed by atoms with Crippen molar-refractivity contribution in [3.05, 3.63) is 206 Å². The number of benzene rings is 8. The van der Waals surface area contributed by atoms with Crippen LogP contribution in [-0.2, 0) is 0 Å². The lowest BCUT2D eigenvalue weighted by Gasteiger charge is -2.25. The molecule has 0 fully saturated rings. The van der Waals surface area contributed by atoms with Gasteiger partial charge in [0, 0.05) is 64.8 Å². The Balaban J connectivity index is 1.11. The number of rotatable bonds is 7. The van der Waals surface area contributed by atoms with E-state index >= 15 is 0 Å². The second-order valence-corrected chi connectivity index (χ2v) is 16.7. The van der Waals surface area contributed by atoms with Crippen LogP contribution in [0.5, 0.6) is 0 Å². The molecule has 11 aromatic rings. The predicted molar refractivity (Wildman–Crippen MR) is 247 cm³/mol. The number of nitrogens with zero attached hydrogens (tertiary/aromatic N) is 2. The summed E-state index contributed by atoms with van der Waals surface area (Å²) in [5.41, 5.74) is 13.3. The van der Waals surface area contributed by atoms with Gasteiger partial charge in [-0.2, -0.15) is 0 Å². The molecule has 270 valence electrons. The first-order valence-corrected chi connectivity index (χ1v) is 21.0. The van der Waals surface area contributed by atoms with Crippen LogP contribution in [-0.4, -0.2) is 4.57 Å². The largest absolute Gasteiger partial charge is 0.311 e. The number of aromatic nitrogens is 1. The van der Waals surface area contributed by atoms with Crippen molar-refractivity contribution >= 4 is 81.7 Å². The Morgan fingerprint density at radius 1 is 0.386 bits per heavy atom. The fourth-order valence-corrected chi connectivity index (χ4v) is 11.1. The van der Waals surface area contributed by atoms with Gasteiger partial charge in [0.25, 0.3) is 0 Å². The third-order valence-corrected chi connectivity index (χ3v) is 13.6. The molecule has 0 saturated carbocycles. The highest BCUT2D eigenvalue weighted by Crippen LogP contribution is 2.53. The molecule has 3 aromatic heterocycles. The normalized spacial score (nSPS) is 11.6. The van der Waals surface area contributed by atoms with E-state index in [1.807, 2.05) is 22.7 Å². The van der Waals surface area contributed by atoms with Gasteiger partial charge in [-0.25, -0.2) is 0 Å². The van der Waals surface area contributed by atoms with Gasteiger partial charge in [-0.1, -0.05) is 133 Å². The van der Waals surface area contributed by atoms with Crippen LogP contribution in [0.4, 0.5) is 17.1 Å². The van der Waals surface area contributed by atoms with E-state index in [0.717, 1.165) is 17.1 Å². The first kappa shape index (κ1) is 33.6. The zero-order valence-electron chi connectivity index (χ0n) is 31.3. The third kappa shape index (κ3) is 5.68. The second-order valence-electron chi connectivity index (χ2n) is 14.6. The van der Waals surface area contributed by atoms with E-state index in [1.165, 1.54) is 85.2 Å². The summed E-state index contributed by atoms with van der Waals surface area (Å²) in [4.78, 5) is 4.94. The Kier molecular flexibility index (Phi) is 8.13. The van der Waals surface area contributed by atoms with Gasteiger partial charge in [-0.15, -0.1) is 22.7 Å².